The number of urea groups is 1. The first-order valence-corrected chi connectivity index (χ1v) is 9.03. The summed E-state index contributed by atoms with van der Waals surface area (Å²) >= 11 is 1.58. The van der Waals surface area contributed by atoms with Crippen molar-refractivity contribution in [2.45, 2.75) is 51.1 Å². The van der Waals surface area contributed by atoms with Gasteiger partial charge in [-0.2, -0.15) is 0 Å². The first-order chi connectivity index (χ1) is 11.6. The molecule has 24 heavy (non-hydrogen) atoms. The smallest absolute Gasteiger partial charge is 0.321 e. The molecule has 2 N–H and O–H groups in total. The minimum atomic E-state index is -0.513. The van der Waals surface area contributed by atoms with Crippen molar-refractivity contribution in [2.75, 3.05) is 0 Å². The van der Waals surface area contributed by atoms with Crippen LogP contribution in [-0.4, -0.2) is 27.5 Å². The molecule has 0 bridgehead atoms. The van der Waals surface area contributed by atoms with Crippen molar-refractivity contribution in [3.8, 4) is 0 Å². The van der Waals surface area contributed by atoms with Crippen LogP contribution in [0.2, 0.25) is 0 Å². The van der Waals surface area contributed by atoms with E-state index in [1.54, 1.807) is 11.3 Å². The van der Waals surface area contributed by atoms with Gasteiger partial charge in [0.05, 0.1) is 11.7 Å². The van der Waals surface area contributed by atoms with Crippen LogP contribution in [0.1, 0.15) is 36.1 Å². The van der Waals surface area contributed by atoms with Gasteiger partial charge < -0.3 is 5.32 Å². The molecule has 126 valence electrons. The van der Waals surface area contributed by atoms with Gasteiger partial charge >= 0.3 is 6.03 Å². The zero-order valence-electron chi connectivity index (χ0n) is 13.1. The van der Waals surface area contributed by atoms with E-state index in [1.807, 2.05) is 0 Å². The molecular formula is C16H18N4O3S. The minimum absolute atomic E-state index is 0.177. The molecule has 0 spiro atoms. The molecule has 2 aromatic rings. The molecule has 2 aromatic heterocycles. The molecule has 1 saturated carbocycles. The van der Waals surface area contributed by atoms with Gasteiger partial charge in [0.25, 0.3) is 5.56 Å². The predicted molar refractivity (Wildman–Crippen MR) is 90.2 cm³/mol. The van der Waals surface area contributed by atoms with Crippen LogP contribution in [0.15, 0.2) is 11.1 Å². The normalized spacial score (nSPS) is 16.7. The predicted octanol–water partition coefficient (Wildman–Crippen LogP) is 1.32. The highest BCUT2D eigenvalue weighted by Crippen LogP contribution is 2.33. The van der Waals surface area contributed by atoms with Crippen molar-refractivity contribution in [1.29, 1.82) is 0 Å². The van der Waals surface area contributed by atoms with E-state index in [-0.39, 0.29) is 18.1 Å². The number of carbonyl (C=O) groups is 2. The Bertz CT molecular complexity index is 881. The second kappa shape index (κ2) is 6.01. The summed E-state index contributed by atoms with van der Waals surface area (Å²) in [4.78, 5) is 42.6. The van der Waals surface area contributed by atoms with E-state index in [1.165, 1.54) is 15.8 Å². The van der Waals surface area contributed by atoms with Gasteiger partial charge in [-0.3, -0.25) is 19.5 Å². The third-order valence-corrected chi connectivity index (χ3v) is 5.62. The van der Waals surface area contributed by atoms with Gasteiger partial charge in [0.15, 0.2) is 0 Å². The van der Waals surface area contributed by atoms with Crippen molar-refractivity contribution in [3.05, 3.63) is 27.1 Å². The maximum atomic E-state index is 12.7. The molecule has 4 rings (SSSR count). The molecule has 2 heterocycles. The molecule has 8 heteroatoms. The van der Waals surface area contributed by atoms with Crippen molar-refractivity contribution < 1.29 is 9.59 Å². The summed E-state index contributed by atoms with van der Waals surface area (Å²) in [5.41, 5.74) is 0.900. The Kier molecular flexibility index (Phi) is 3.84. The first kappa shape index (κ1) is 15.3. The SMILES string of the molecule is O=C(Cn1cnc2sc3c(c2c1=O)CCCC3)NC(=O)NC1CC1. The molecule has 7 nitrogen and oxygen atoms in total. The Labute approximate surface area is 142 Å². The quantitative estimate of drug-likeness (QED) is 0.877. The Morgan fingerprint density at radius 2 is 2.08 bits per heavy atom. The maximum Gasteiger partial charge on any atom is 0.321 e. The lowest BCUT2D eigenvalue weighted by atomic mass is 9.97. The molecule has 3 amide bonds. The number of hydrogen-bond donors (Lipinski definition) is 2. The van der Waals surface area contributed by atoms with Crippen LogP contribution in [0.4, 0.5) is 4.79 Å². The summed E-state index contributed by atoms with van der Waals surface area (Å²) in [5, 5.41) is 5.58. The fourth-order valence-electron chi connectivity index (χ4n) is 3.06. The van der Waals surface area contributed by atoms with E-state index in [9.17, 15) is 14.4 Å². The highest BCUT2D eigenvalue weighted by molar-refractivity contribution is 7.18. The Hall–Kier alpha value is -2.22. The summed E-state index contributed by atoms with van der Waals surface area (Å²) in [6.07, 6.45) is 7.41. The fourth-order valence-corrected chi connectivity index (χ4v) is 4.28. The van der Waals surface area contributed by atoms with Crippen LogP contribution in [-0.2, 0) is 24.2 Å². The number of aryl methyl sites for hydroxylation is 2. The lowest BCUT2D eigenvalue weighted by Gasteiger charge is -2.10. The van der Waals surface area contributed by atoms with Crippen molar-refractivity contribution in [1.82, 2.24) is 20.2 Å². The number of hydrogen-bond acceptors (Lipinski definition) is 5. The van der Waals surface area contributed by atoms with Gasteiger partial charge in [-0.25, -0.2) is 9.78 Å². The number of amides is 3. The van der Waals surface area contributed by atoms with Gasteiger partial charge in [0, 0.05) is 10.9 Å². The zero-order valence-corrected chi connectivity index (χ0v) is 13.9. The molecular weight excluding hydrogens is 328 g/mol. The topological polar surface area (TPSA) is 93.1 Å². The molecule has 2 aliphatic rings. The van der Waals surface area contributed by atoms with Crippen LogP contribution in [0.25, 0.3) is 10.2 Å². The van der Waals surface area contributed by atoms with Gasteiger partial charge in [0.1, 0.15) is 11.4 Å². The number of thiophene rings is 1. The largest absolute Gasteiger partial charge is 0.335 e. The van der Waals surface area contributed by atoms with Crippen LogP contribution in [0.5, 0.6) is 0 Å². The lowest BCUT2D eigenvalue weighted by Crippen LogP contribution is -2.42. The summed E-state index contributed by atoms with van der Waals surface area (Å²) in [7, 11) is 0. The average Bonchev–Trinajstić information content (AvgIpc) is 3.26. The van der Waals surface area contributed by atoms with E-state index in [2.05, 4.69) is 15.6 Å². The fraction of sp³-hybridized carbons (Fsp3) is 0.500. The van der Waals surface area contributed by atoms with E-state index in [0.717, 1.165) is 48.9 Å². The molecule has 0 aromatic carbocycles. The number of nitrogens with one attached hydrogen (secondary N) is 2. The Balaban J connectivity index is 1.55. The Morgan fingerprint density at radius 3 is 2.88 bits per heavy atom. The highest BCUT2D eigenvalue weighted by Gasteiger charge is 2.24. The van der Waals surface area contributed by atoms with E-state index in [0.29, 0.717) is 5.39 Å². The van der Waals surface area contributed by atoms with Crippen LogP contribution in [0.3, 0.4) is 0 Å². The molecule has 0 aliphatic heterocycles. The van der Waals surface area contributed by atoms with E-state index >= 15 is 0 Å². The molecule has 0 saturated heterocycles. The molecule has 2 aliphatic carbocycles. The summed E-state index contributed by atoms with van der Waals surface area (Å²) in [6.45, 7) is -0.204. The number of rotatable bonds is 3. The highest BCUT2D eigenvalue weighted by atomic mass is 32.1. The molecule has 0 radical (unpaired) electrons. The van der Waals surface area contributed by atoms with Crippen LogP contribution in [0, 0.1) is 0 Å². The second-order valence-corrected chi connectivity index (χ2v) is 7.45. The van der Waals surface area contributed by atoms with Crippen molar-refractivity contribution in [3.63, 3.8) is 0 Å². The van der Waals surface area contributed by atoms with E-state index < -0.39 is 11.9 Å². The number of imide groups is 1. The van der Waals surface area contributed by atoms with Crippen molar-refractivity contribution in [2.24, 2.45) is 0 Å². The van der Waals surface area contributed by atoms with Gasteiger partial charge in [-0.05, 0) is 44.1 Å². The number of fused-ring (bicyclic) bond motifs is 3. The summed E-state index contributed by atoms with van der Waals surface area (Å²) < 4.78 is 1.28. The zero-order chi connectivity index (χ0) is 16.7. The van der Waals surface area contributed by atoms with Gasteiger partial charge in [-0.15, -0.1) is 11.3 Å². The summed E-state index contributed by atoms with van der Waals surface area (Å²) in [6, 6.07) is -0.326. The van der Waals surface area contributed by atoms with Crippen LogP contribution >= 0.6 is 11.3 Å². The van der Waals surface area contributed by atoms with Crippen molar-refractivity contribution >= 4 is 33.5 Å². The average molecular weight is 346 g/mol. The standard InChI is InChI=1S/C16H18N4O3S/c21-12(19-16(23)18-9-5-6-9)7-20-8-17-14-13(15(20)22)10-3-1-2-4-11(10)24-14/h8-9H,1-7H2,(H2,18,19,21,23). The number of aromatic nitrogens is 2. The van der Waals surface area contributed by atoms with Gasteiger partial charge in [-0.1, -0.05) is 0 Å². The second-order valence-electron chi connectivity index (χ2n) is 6.36. The Morgan fingerprint density at radius 1 is 1.29 bits per heavy atom. The monoisotopic (exact) mass is 346 g/mol. The van der Waals surface area contributed by atoms with Gasteiger partial charge in [0.2, 0.25) is 5.91 Å². The lowest BCUT2D eigenvalue weighted by molar-refractivity contribution is -0.120. The third-order valence-electron chi connectivity index (χ3n) is 4.42. The number of nitrogens with zero attached hydrogens (tertiary/aromatic N) is 2. The number of carbonyl (C=O) groups excluding carboxylic acids is 2. The van der Waals surface area contributed by atoms with Crippen LogP contribution < -0.4 is 16.2 Å². The van der Waals surface area contributed by atoms with E-state index in [4.69, 9.17) is 0 Å². The third kappa shape index (κ3) is 2.93. The molecule has 0 atom stereocenters. The maximum absolute atomic E-state index is 12.7. The molecule has 0 unspecified atom stereocenters. The summed E-state index contributed by atoms with van der Waals surface area (Å²) in [5.74, 6) is -0.513. The molecule has 1 fully saturated rings. The minimum Gasteiger partial charge on any atom is -0.335 e. The first-order valence-electron chi connectivity index (χ1n) is 8.22.